The van der Waals surface area contributed by atoms with Gasteiger partial charge >= 0.3 is 0 Å². The lowest BCUT2D eigenvalue weighted by molar-refractivity contribution is 0.0994. The van der Waals surface area contributed by atoms with E-state index in [-0.39, 0.29) is 11.0 Å². The monoisotopic (exact) mass is 360 g/mol. The van der Waals surface area contributed by atoms with Gasteiger partial charge in [0.1, 0.15) is 0 Å². The number of rotatable bonds is 6. The molecule has 0 spiro atoms. The summed E-state index contributed by atoms with van der Waals surface area (Å²) in [7, 11) is 0. The lowest BCUT2D eigenvalue weighted by Gasteiger charge is -2.27. The summed E-state index contributed by atoms with van der Waals surface area (Å²) in [6, 6.07) is 7.71. The van der Waals surface area contributed by atoms with Crippen molar-refractivity contribution in [3.05, 3.63) is 35.4 Å². The number of aryl methyl sites for hydroxylation is 1. The van der Waals surface area contributed by atoms with Crippen LogP contribution in [0.3, 0.4) is 0 Å². The summed E-state index contributed by atoms with van der Waals surface area (Å²) < 4.78 is 7.48. The van der Waals surface area contributed by atoms with Gasteiger partial charge in [0.05, 0.1) is 18.5 Å². The van der Waals surface area contributed by atoms with Crippen molar-refractivity contribution in [1.29, 1.82) is 0 Å². The minimum absolute atomic E-state index is 0.114. The Hall–Kier alpha value is -1.86. The van der Waals surface area contributed by atoms with Crippen LogP contribution >= 0.6 is 11.8 Å². The summed E-state index contributed by atoms with van der Waals surface area (Å²) in [6.07, 6.45) is 0. The van der Waals surface area contributed by atoms with Crippen LogP contribution in [0.2, 0.25) is 0 Å². The van der Waals surface area contributed by atoms with E-state index in [1.54, 1.807) is 0 Å². The maximum atomic E-state index is 12.7. The topological polar surface area (TPSA) is 60.2 Å². The highest BCUT2D eigenvalue weighted by molar-refractivity contribution is 8.00. The molecule has 0 unspecified atom stereocenters. The second-order valence-corrected chi connectivity index (χ2v) is 7.42. The molecule has 2 aromatic rings. The van der Waals surface area contributed by atoms with E-state index in [0.717, 1.165) is 41.9 Å². The molecule has 3 rings (SSSR count). The van der Waals surface area contributed by atoms with Crippen LogP contribution in [0.5, 0.6) is 0 Å². The van der Waals surface area contributed by atoms with E-state index in [4.69, 9.17) is 4.74 Å². The third-order valence-electron chi connectivity index (χ3n) is 4.29. The number of nitrogens with zero attached hydrogens (tertiary/aromatic N) is 4. The summed E-state index contributed by atoms with van der Waals surface area (Å²) in [6.45, 7) is 9.85. The van der Waals surface area contributed by atoms with E-state index in [2.05, 4.69) is 26.6 Å². The van der Waals surface area contributed by atoms with Crippen LogP contribution in [0, 0.1) is 6.92 Å². The second-order valence-electron chi connectivity index (χ2n) is 6.12. The number of aromatic nitrogens is 3. The number of carbonyl (C=O) groups is 1. The van der Waals surface area contributed by atoms with Crippen LogP contribution in [0.25, 0.3) is 0 Å². The molecule has 0 N–H and O–H groups in total. The normalized spacial score (nSPS) is 16.0. The number of thioether (sulfide) groups is 1. The first-order chi connectivity index (χ1) is 12.1. The van der Waals surface area contributed by atoms with Crippen LogP contribution in [0.1, 0.15) is 29.8 Å². The maximum Gasteiger partial charge on any atom is 0.228 e. The molecule has 0 saturated carbocycles. The van der Waals surface area contributed by atoms with E-state index in [1.807, 2.05) is 38.1 Å². The lowest BCUT2D eigenvalue weighted by atomic mass is 10.1. The van der Waals surface area contributed by atoms with Gasteiger partial charge in [-0.05, 0) is 20.8 Å². The van der Waals surface area contributed by atoms with Gasteiger partial charge in [-0.15, -0.1) is 10.2 Å². The molecule has 0 bridgehead atoms. The molecule has 134 valence electrons. The fraction of sp³-hybridized carbons (Fsp3) is 0.500. The molecule has 25 heavy (non-hydrogen) atoms. The number of hydrogen-bond donors (Lipinski definition) is 0. The average Bonchev–Trinajstić information content (AvgIpc) is 3.05. The van der Waals surface area contributed by atoms with Crippen LogP contribution in [-0.2, 0) is 11.3 Å². The van der Waals surface area contributed by atoms with Crippen LogP contribution < -0.4 is 4.90 Å². The molecule has 0 radical (unpaired) electrons. The van der Waals surface area contributed by atoms with E-state index in [9.17, 15) is 4.79 Å². The van der Waals surface area contributed by atoms with Gasteiger partial charge in [-0.3, -0.25) is 9.36 Å². The predicted octanol–water partition coefficient (Wildman–Crippen LogP) is 2.81. The molecule has 2 heterocycles. The Kier molecular flexibility index (Phi) is 5.75. The Morgan fingerprint density at radius 3 is 2.56 bits per heavy atom. The number of benzene rings is 1. The van der Waals surface area contributed by atoms with E-state index in [0.29, 0.717) is 13.2 Å². The zero-order valence-electron chi connectivity index (χ0n) is 14.9. The van der Waals surface area contributed by atoms with Gasteiger partial charge in [0.25, 0.3) is 0 Å². The molecule has 1 fully saturated rings. The minimum atomic E-state index is -0.213. The van der Waals surface area contributed by atoms with Gasteiger partial charge < -0.3 is 9.64 Å². The number of Topliss-reactive ketones (excluding diaryl/α,β-unsaturated/α-hetero) is 1. The quantitative estimate of drug-likeness (QED) is 0.583. The molecule has 1 aromatic heterocycles. The third kappa shape index (κ3) is 4.04. The molecule has 1 aromatic carbocycles. The van der Waals surface area contributed by atoms with Crippen LogP contribution in [0.4, 0.5) is 5.95 Å². The Balaban J connectivity index is 1.74. The van der Waals surface area contributed by atoms with E-state index >= 15 is 0 Å². The second kappa shape index (κ2) is 8.01. The molecule has 1 aliphatic rings. The zero-order valence-corrected chi connectivity index (χ0v) is 15.8. The Bertz CT molecular complexity index is 723. The molecular weight excluding hydrogens is 336 g/mol. The highest BCUT2D eigenvalue weighted by atomic mass is 32.2. The van der Waals surface area contributed by atoms with Crippen molar-refractivity contribution in [3.63, 3.8) is 0 Å². The van der Waals surface area contributed by atoms with Crippen LogP contribution in [-0.4, -0.2) is 52.1 Å². The van der Waals surface area contributed by atoms with Gasteiger partial charge in [0.15, 0.2) is 10.9 Å². The number of ether oxygens (including phenoxy) is 1. The number of anilines is 1. The van der Waals surface area contributed by atoms with Crippen molar-refractivity contribution in [2.45, 2.75) is 37.7 Å². The fourth-order valence-electron chi connectivity index (χ4n) is 2.81. The van der Waals surface area contributed by atoms with Crippen molar-refractivity contribution in [2.24, 2.45) is 0 Å². The van der Waals surface area contributed by atoms with Gasteiger partial charge in [-0.25, -0.2) is 0 Å². The average molecular weight is 360 g/mol. The highest BCUT2D eigenvalue weighted by Gasteiger charge is 2.23. The largest absolute Gasteiger partial charge is 0.378 e. The molecule has 0 aliphatic carbocycles. The van der Waals surface area contributed by atoms with Gasteiger partial charge in [-0.1, -0.05) is 41.6 Å². The lowest BCUT2D eigenvalue weighted by Crippen LogP contribution is -2.38. The molecule has 1 aliphatic heterocycles. The third-order valence-corrected chi connectivity index (χ3v) is 5.38. The Morgan fingerprint density at radius 2 is 1.92 bits per heavy atom. The van der Waals surface area contributed by atoms with E-state index < -0.39 is 0 Å². The Labute approximate surface area is 152 Å². The number of morpholine rings is 1. The first-order valence-electron chi connectivity index (χ1n) is 8.63. The minimum Gasteiger partial charge on any atom is -0.378 e. The number of carbonyl (C=O) groups excluding carboxylic acids is 1. The predicted molar refractivity (Wildman–Crippen MR) is 99.6 cm³/mol. The van der Waals surface area contributed by atoms with Crippen molar-refractivity contribution in [3.8, 4) is 0 Å². The fourth-order valence-corrected chi connectivity index (χ4v) is 3.79. The summed E-state index contributed by atoms with van der Waals surface area (Å²) >= 11 is 1.47. The highest BCUT2D eigenvalue weighted by Crippen LogP contribution is 2.27. The first-order valence-corrected chi connectivity index (χ1v) is 9.51. The van der Waals surface area contributed by atoms with Gasteiger partial charge in [-0.2, -0.15) is 0 Å². The smallest absolute Gasteiger partial charge is 0.228 e. The molecule has 7 heteroatoms. The zero-order chi connectivity index (χ0) is 17.8. The maximum absolute atomic E-state index is 12.7. The molecule has 0 amide bonds. The summed E-state index contributed by atoms with van der Waals surface area (Å²) in [4.78, 5) is 14.9. The molecule has 1 saturated heterocycles. The van der Waals surface area contributed by atoms with Gasteiger partial charge in [0.2, 0.25) is 5.95 Å². The van der Waals surface area contributed by atoms with Crippen LogP contribution in [0.15, 0.2) is 29.4 Å². The van der Waals surface area contributed by atoms with Crippen molar-refractivity contribution in [2.75, 3.05) is 31.2 Å². The number of ketones is 1. The summed E-state index contributed by atoms with van der Waals surface area (Å²) in [5.74, 6) is 0.979. The van der Waals surface area contributed by atoms with E-state index in [1.165, 1.54) is 11.8 Å². The summed E-state index contributed by atoms with van der Waals surface area (Å²) in [5, 5.41) is 9.27. The van der Waals surface area contributed by atoms with Crippen molar-refractivity contribution in [1.82, 2.24) is 14.8 Å². The Morgan fingerprint density at radius 1 is 1.24 bits per heavy atom. The standard InChI is InChI=1S/C18H24N4O2S/c1-4-22-17(21-9-11-24-12-10-21)19-20-18(22)25-14(3)16(23)15-7-5-13(2)6-8-15/h5-8,14H,4,9-12H2,1-3H3/t14-/m0/s1. The summed E-state index contributed by atoms with van der Waals surface area (Å²) in [5.41, 5.74) is 1.89. The SMILES string of the molecule is CCn1c(S[C@@H](C)C(=O)c2ccc(C)cc2)nnc1N1CCOCC1. The van der Waals surface area contributed by atoms with Crippen molar-refractivity contribution >= 4 is 23.5 Å². The van der Waals surface area contributed by atoms with Crippen molar-refractivity contribution < 1.29 is 9.53 Å². The first kappa shape index (κ1) is 17.9. The molecular formula is C18H24N4O2S. The van der Waals surface area contributed by atoms with Gasteiger partial charge in [0, 0.05) is 25.2 Å². The number of hydrogen-bond acceptors (Lipinski definition) is 6. The molecule has 1 atom stereocenters. The molecule has 6 nitrogen and oxygen atoms in total.